The maximum absolute atomic E-state index is 6.03. The second-order valence-corrected chi connectivity index (χ2v) is 10.9. The molecule has 0 aromatic heterocycles. The molecule has 0 N–H and O–H groups in total. The smallest absolute Gasteiger partial charge is 0.403 e. The van der Waals surface area contributed by atoms with E-state index in [1.54, 1.807) is 0 Å². The maximum Gasteiger partial charge on any atom is 0.464 e. The predicted molar refractivity (Wildman–Crippen MR) is 116 cm³/mol. The van der Waals surface area contributed by atoms with Crippen LogP contribution in [0.4, 0.5) is 0 Å². The number of hydrogen-bond donors (Lipinski definition) is 0. The topological polar surface area (TPSA) is 36.9 Å². The zero-order valence-corrected chi connectivity index (χ0v) is 20.8. The average molecular weight is 446 g/mol. The fourth-order valence-electron chi connectivity index (χ4n) is 4.21. The Morgan fingerprint density at radius 1 is 0.724 bits per heavy atom. The van der Waals surface area contributed by atoms with Gasteiger partial charge in [-0.25, -0.2) is 0 Å². The second kappa shape index (κ2) is 9.16. The summed E-state index contributed by atoms with van der Waals surface area (Å²) in [6.07, 6.45) is 11.1. The minimum absolute atomic E-state index is 0. The van der Waals surface area contributed by atoms with Gasteiger partial charge in [0.05, 0.1) is 22.4 Å². The molecular weight excluding hydrogens is 406 g/mol. The first-order chi connectivity index (χ1) is 12.8. The third-order valence-corrected chi connectivity index (χ3v) is 7.69. The first kappa shape index (κ1) is 25.7. The largest absolute Gasteiger partial charge is 0.464 e. The van der Waals surface area contributed by atoms with E-state index in [2.05, 4.69) is 61.8 Å². The Bertz CT molecular complexity index is 461. The van der Waals surface area contributed by atoms with E-state index >= 15 is 0 Å². The maximum atomic E-state index is 6.03. The van der Waals surface area contributed by atoms with Crippen molar-refractivity contribution in [2.45, 2.75) is 129 Å². The van der Waals surface area contributed by atoms with E-state index in [4.69, 9.17) is 18.6 Å². The molecule has 0 aromatic carbocycles. The van der Waals surface area contributed by atoms with E-state index in [9.17, 15) is 0 Å². The van der Waals surface area contributed by atoms with Crippen LogP contribution in [0, 0.1) is 12.2 Å². The fourth-order valence-corrected chi connectivity index (χ4v) is 4.21. The molecule has 2 aliphatic heterocycles. The molecule has 4 fully saturated rings. The van der Waals surface area contributed by atoms with Crippen LogP contribution in [-0.4, -0.2) is 36.6 Å². The van der Waals surface area contributed by atoms with E-state index in [1.165, 1.54) is 44.3 Å². The molecule has 0 bridgehead atoms. The summed E-state index contributed by atoms with van der Waals surface area (Å²) in [5.41, 5.74) is -0.692. The van der Waals surface area contributed by atoms with E-state index in [0.717, 1.165) is 6.42 Å². The zero-order valence-electron chi connectivity index (χ0n) is 19.7. The molecule has 29 heavy (non-hydrogen) atoms. The van der Waals surface area contributed by atoms with Gasteiger partial charge in [-0.15, -0.1) is 0 Å². The predicted octanol–water partition coefficient (Wildman–Crippen LogP) is 5.60. The van der Waals surface area contributed by atoms with Crippen molar-refractivity contribution in [2.75, 3.05) is 0 Å². The molecule has 2 saturated heterocycles. The van der Waals surface area contributed by atoms with Gasteiger partial charge < -0.3 is 18.6 Å². The Balaban J connectivity index is 0.000000200. The Morgan fingerprint density at radius 2 is 1.17 bits per heavy atom. The normalized spacial score (nSPS) is 30.2. The van der Waals surface area contributed by atoms with Crippen LogP contribution >= 0.6 is 0 Å². The fraction of sp³-hybridized carbons (Fsp3) is 0.909. The molecule has 0 atom stereocenters. The Labute approximate surface area is 190 Å². The van der Waals surface area contributed by atoms with Crippen molar-refractivity contribution in [3.8, 4) is 0 Å². The van der Waals surface area contributed by atoms with Crippen LogP contribution in [0.5, 0.6) is 0 Å². The van der Waals surface area contributed by atoms with Gasteiger partial charge in [-0.1, -0.05) is 38.5 Å². The third-order valence-electron chi connectivity index (χ3n) is 7.69. The monoisotopic (exact) mass is 446 g/mol. The number of hydrogen-bond acceptors (Lipinski definition) is 4. The van der Waals surface area contributed by atoms with Crippen LogP contribution in [0.1, 0.15) is 100 Å². The van der Waals surface area contributed by atoms with Gasteiger partial charge in [0.2, 0.25) is 0 Å². The van der Waals surface area contributed by atoms with Gasteiger partial charge in [0.15, 0.2) is 0 Å². The zero-order chi connectivity index (χ0) is 20.8. The molecule has 7 heteroatoms. The minimum atomic E-state index is -0.193. The molecule has 0 unspecified atom stereocenters. The van der Waals surface area contributed by atoms with E-state index < -0.39 is 0 Å². The summed E-state index contributed by atoms with van der Waals surface area (Å²) in [6, 6.07) is 0. The molecule has 0 aromatic rings. The van der Waals surface area contributed by atoms with E-state index in [0.29, 0.717) is 5.82 Å². The molecule has 4 nitrogen and oxygen atoms in total. The molecule has 2 radical (unpaired) electrons. The molecule has 2 saturated carbocycles. The summed E-state index contributed by atoms with van der Waals surface area (Å²) in [5, 5.41) is 0. The van der Waals surface area contributed by atoms with Gasteiger partial charge in [-0.2, -0.15) is 0 Å². The van der Waals surface area contributed by atoms with Crippen molar-refractivity contribution < 1.29 is 35.7 Å². The van der Waals surface area contributed by atoms with Crippen LogP contribution in [0.2, 0.25) is 5.82 Å². The van der Waals surface area contributed by atoms with Crippen molar-refractivity contribution in [1.82, 2.24) is 0 Å². The molecule has 4 aliphatic rings. The van der Waals surface area contributed by atoms with E-state index in [1.807, 2.05) is 0 Å². The van der Waals surface area contributed by atoms with Gasteiger partial charge in [0.1, 0.15) is 0 Å². The van der Waals surface area contributed by atoms with Gasteiger partial charge in [-0.3, -0.25) is 0 Å². The second-order valence-electron chi connectivity index (χ2n) is 10.9. The number of rotatable bonds is 2. The minimum Gasteiger partial charge on any atom is -0.403 e. The summed E-state index contributed by atoms with van der Waals surface area (Å²) < 4.78 is 24.0. The van der Waals surface area contributed by atoms with Crippen molar-refractivity contribution >= 4 is 14.2 Å². The van der Waals surface area contributed by atoms with Gasteiger partial charge in [0.25, 0.3) is 0 Å². The van der Waals surface area contributed by atoms with Crippen molar-refractivity contribution in [3.63, 3.8) is 0 Å². The molecule has 166 valence electrons. The summed E-state index contributed by atoms with van der Waals surface area (Å²) >= 11 is 0. The molecule has 2 aliphatic carbocycles. The Hall–Kier alpha value is 0.489. The van der Waals surface area contributed by atoms with Crippen LogP contribution in [0.25, 0.3) is 0 Å². The van der Waals surface area contributed by atoms with Gasteiger partial charge in [-0.05, 0) is 74.0 Å². The standard InChI is InChI=1S/C11H21BO2.C11H19BO2.Fe/c2*1-10(2)11(3,4)14-12(13-10)9-7-5-6-8-9;/h9H,5-8H2,1-4H3;7H,5-6,8H2,1-4H3;. The Morgan fingerprint density at radius 3 is 1.59 bits per heavy atom. The summed E-state index contributed by atoms with van der Waals surface area (Å²) in [6.45, 7) is 16.9. The molecular formula is C22H40B2FeO4. The summed E-state index contributed by atoms with van der Waals surface area (Å²) in [5.74, 6) is 1.97. The first-order valence-corrected chi connectivity index (χ1v) is 11.2. The van der Waals surface area contributed by atoms with Crippen LogP contribution < -0.4 is 0 Å². The van der Waals surface area contributed by atoms with Gasteiger partial charge in [0, 0.05) is 22.9 Å². The first-order valence-electron chi connectivity index (χ1n) is 11.2. The van der Waals surface area contributed by atoms with Crippen molar-refractivity contribution in [1.29, 1.82) is 0 Å². The molecule has 4 rings (SSSR count). The van der Waals surface area contributed by atoms with Crippen LogP contribution in [0.3, 0.4) is 0 Å². The molecule has 0 amide bonds. The van der Waals surface area contributed by atoms with Crippen molar-refractivity contribution in [2.24, 2.45) is 0 Å². The molecule has 2 heterocycles. The van der Waals surface area contributed by atoms with Crippen LogP contribution in [-0.2, 0) is 35.7 Å². The van der Waals surface area contributed by atoms with E-state index in [-0.39, 0.29) is 53.7 Å². The summed E-state index contributed by atoms with van der Waals surface area (Å²) in [4.78, 5) is 0. The SMILES string of the molecule is CC1(C)OB(C2CCCC2)OC1(C)C.CC1(C)OB([C]2[CH]CCC2)OC1(C)C.[Fe]. The Kier molecular flexibility index (Phi) is 8.13. The average Bonchev–Trinajstić information content (AvgIpc) is 3.31. The summed E-state index contributed by atoms with van der Waals surface area (Å²) in [7, 11) is -0.0509. The van der Waals surface area contributed by atoms with Gasteiger partial charge >= 0.3 is 14.2 Å². The third kappa shape index (κ3) is 5.46. The van der Waals surface area contributed by atoms with Crippen molar-refractivity contribution in [3.05, 3.63) is 12.2 Å². The quantitative estimate of drug-likeness (QED) is 0.518. The van der Waals surface area contributed by atoms with Crippen LogP contribution in [0.15, 0.2) is 0 Å². The molecule has 0 spiro atoms.